The van der Waals surface area contributed by atoms with Gasteiger partial charge in [0.25, 0.3) is 0 Å². The fraction of sp³-hybridized carbons (Fsp3) is 0.818. The summed E-state index contributed by atoms with van der Waals surface area (Å²) in [7, 11) is 0. The third-order valence-corrected chi connectivity index (χ3v) is 4.39. The molecule has 3 aliphatic rings. The maximum Gasteiger partial charge on any atom is 0.338 e. The molecule has 6 heteroatoms. The van der Waals surface area contributed by atoms with Crippen molar-refractivity contribution in [1.29, 1.82) is 0 Å². The number of nitrogens with one attached hydrogen (secondary N) is 2. The zero-order valence-corrected chi connectivity index (χ0v) is 9.39. The molecule has 4 atom stereocenters. The highest BCUT2D eigenvalue weighted by molar-refractivity contribution is 5.74. The van der Waals surface area contributed by atoms with Crippen LogP contribution in [0.3, 0.4) is 0 Å². The number of fused-ring (bicyclic) bond motifs is 5. The number of amides is 2. The Bertz CT molecular complexity index is 343. The average Bonchev–Trinajstić information content (AvgIpc) is 2.70. The summed E-state index contributed by atoms with van der Waals surface area (Å²) in [5.41, 5.74) is 2.09. The average molecular weight is 240 g/mol. The third kappa shape index (κ3) is 1.86. The zero-order valence-electron chi connectivity index (χ0n) is 9.39. The minimum atomic E-state index is -1.10. The van der Waals surface area contributed by atoms with Gasteiger partial charge in [-0.15, -0.1) is 0 Å². The second-order valence-electron chi connectivity index (χ2n) is 5.27. The van der Waals surface area contributed by atoms with E-state index in [0.717, 1.165) is 11.8 Å². The molecule has 3 saturated carbocycles. The molecule has 0 radical (unpaired) electrons. The summed E-state index contributed by atoms with van der Waals surface area (Å²) >= 11 is 0. The van der Waals surface area contributed by atoms with Gasteiger partial charge in [0.2, 0.25) is 0 Å². The van der Waals surface area contributed by atoms with Gasteiger partial charge in [-0.1, -0.05) is 0 Å². The Labute approximate surface area is 98.7 Å². The third-order valence-electron chi connectivity index (χ3n) is 4.39. The van der Waals surface area contributed by atoms with Crippen LogP contribution in [-0.2, 0) is 9.63 Å². The molecule has 0 aromatic heterocycles. The number of aliphatic carboxylic acids is 1. The Hall–Kier alpha value is -1.30. The van der Waals surface area contributed by atoms with Gasteiger partial charge in [0.15, 0.2) is 6.61 Å². The molecule has 2 amide bonds. The van der Waals surface area contributed by atoms with E-state index >= 15 is 0 Å². The summed E-state index contributed by atoms with van der Waals surface area (Å²) in [5, 5.41) is 11.2. The van der Waals surface area contributed by atoms with Crippen LogP contribution in [0.5, 0.6) is 0 Å². The minimum Gasteiger partial charge on any atom is -0.479 e. The number of hydroxylamine groups is 1. The van der Waals surface area contributed by atoms with Gasteiger partial charge in [0.1, 0.15) is 0 Å². The van der Waals surface area contributed by atoms with Crippen molar-refractivity contribution in [2.45, 2.75) is 25.3 Å². The van der Waals surface area contributed by atoms with Crippen LogP contribution in [0.1, 0.15) is 19.3 Å². The molecule has 0 aromatic rings. The molecular formula is C11H16N2O4. The van der Waals surface area contributed by atoms with Crippen molar-refractivity contribution in [3.63, 3.8) is 0 Å². The number of urea groups is 1. The summed E-state index contributed by atoms with van der Waals surface area (Å²) in [6, 6.07) is -0.139. The molecule has 94 valence electrons. The van der Waals surface area contributed by atoms with E-state index in [1.807, 2.05) is 0 Å². The van der Waals surface area contributed by atoms with Gasteiger partial charge in [-0.25, -0.2) is 15.1 Å². The zero-order chi connectivity index (χ0) is 12.0. The molecule has 0 heterocycles. The van der Waals surface area contributed by atoms with Crippen LogP contribution < -0.4 is 10.8 Å². The van der Waals surface area contributed by atoms with E-state index in [-0.39, 0.29) is 6.04 Å². The molecule has 6 nitrogen and oxygen atoms in total. The maximum atomic E-state index is 11.4. The topological polar surface area (TPSA) is 87.7 Å². The van der Waals surface area contributed by atoms with Crippen LogP contribution in [0.25, 0.3) is 0 Å². The lowest BCUT2D eigenvalue weighted by molar-refractivity contribution is -0.144. The van der Waals surface area contributed by atoms with Crippen LogP contribution in [0.2, 0.25) is 0 Å². The van der Waals surface area contributed by atoms with Crippen molar-refractivity contribution < 1.29 is 19.5 Å². The lowest BCUT2D eigenvalue weighted by Gasteiger charge is -2.10. The summed E-state index contributed by atoms with van der Waals surface area (Å²) in [5.74, 6) is 1.83. The molecule has 0 spiro atoms. The quantitative estimate of drug-likeness (QED) is 0.618. The van der Waals surface area contributed by atoms with E-state index in [4.69, 9.17) is 5.11 Å². The molecule has 2 bridgehead atoms. The normalized spacial score (nSPS) is 40.8. The Morgan fingerprint density at radius 2 is 1.88 bits per heavy atom. The fourth-order valence-corrected chi connectivity index (χ4v) is 3.86. The van der Waals surface area contributed by atoms with E-state index in [2.05, 4.69) is 15.6 Å². The molecule has 0 saturated heterocycles. The second kappa shape index (κ2) is 3.87. The van der Waals surface area contributed by atoms with Crippen LogP contribution in [0.15, 0.2) is 0 Å². The van der Waals surface area contributed by atoms with Crippen molar-refractivity contribution in [2.24, 2.45) is 23.7 Å². The highest BCUT2D eigenvalue weighted by Gasteiger charge is 2.65. The number of carboxylic acid groups (broad SMARTS) is 1. The van der Waals surface area contributed by atoms with Gasteiger partial charge < -0.3 is 10.4 Å². The van der Waals surface area contributed by atoms with Crippen molar-refractivity contribution in [3.05, 3.63) is 0 Å². The standard InChI is InChI=1S/C11H16N2O4/c14-7(15)4-17-13-11(16)12-10-8-5-1-2-6(3-5)9(8)10/h5-6,8-10H,1-4H2,(H,14,15)(H2,12,13,16). The number of carbonyl (C=O) groups is 2. The minimum absolute atomic E-state index is 0.287. The molecule has 3 N–H and O–H groups in total. The van der Waals surface area contributed by atoms with E-state index in [1.165, 1.54) is 19.3 Å². The van der Waals surface area contributed by atoms with Crippen LogP contribution in [-0.4, -0.2) is 29.8 Å². The van der Waals surface area contributed by atoms with Crippen molar-refractivity contribution in [3.8, 4) is 0 Å². The van der Waals surface area contributed by atoms with Crippen molar-refractivity contribution in [1.82, 2.24) is 10.8 Å². The molecule has 3 rings (SSSR count). The van der Waals surface area contributed by atoms with Gasteiger partial charge in [-0.3, -0.25) is 4.84 Å². The summed E-state index contributed by atoms with van der Waals surface area (Å²) < 4.78 is 0. The Kier molecular flexibility index (Phi) is 2.47. The first-order valence-electron chi connectivity index (χ1n) is 6.07. The smallest absolute Gasteiger partial charge is 0.338 e. The Morgan fingerprint density at radius 3 is 2.47 bits per heavy atom. The Morgan fingerprint density at radius 1 is 1.24 bits per heavy atom. The summed E-state index contributed by atoms with van der Waals surface area (Å²) in [6.07, 6.45) is 3.95. The van der Waals surface area contributed by atoms with E-state index in [0.29, 0.717) is 11.8 Å². The largest absolute Gasteiger partial charge is 0.479 e. The SMILES string of the molecule is O=C(O)CONC(=O)NC1C2C3CCC(C3)C12. The van der Waals surface area contributed by atoms with Gasteiger partial charge in [0.05, 0.1) is 0 Å². The van der Waals surface area contributed by atoms with Gasteiger partial charge >= 0.3 is 12.0 Å². The summed E-state index contributed by atoms with van der Waals surface area (Å²) in [4.78, 5) is 26.1. The van der Waals surface area contributed by atoms with Crippen molar-refractivity contribution in [2.75, 3.05) is 6.61 Å². The molecule has 17 heavy (non-hydrogen) atoms. The molecule has 3 fully saturated rings. The lowest BCUT2D eigenvalue weighted by Crippen LogP contribution is -2.39. The predicted octanol–water partition coefficient (Wildman–Crippen LogP) is 0.346. The second-order valence-corrected chi connectivity index (χ2v) is 5.27. The number of hydrogen-bond donors (Lipinski definition) is 3. The first kappa shape index (κ1) is 10.8. The number of carbonyl (C=O) groups excluding carboxylic acids is 1. The maximum absolute atomic E-state index is 11.4. The Balaban J connectivity index is 1.41. The van der Waals surface area contributed by atoms with Gasteiger partial charge in [-0.05, 0) is 42.9 Å². The van der Waals surface area contributed by atoms with Gasteiger partial charge in [0, 0.05) is 6.04 Å². The number of carboxylic acids is 1. The molecule has 0 aromatic carbocycles. The highest BCUT2D eigenvalue weighted by Crippen LogP contribution is 2.65. The summed E-state index contributed by atoms with van der Waals surface area (Å²) in [6.45, 7) is -0.518. The molecule has 3 aliphatic carbocycles. The first-order chi connectivity index (χ1) is 8.16. The predicted molar refractivity (Wildman–Crippen MR) is 56.9 cm³/mol. The first-order valence-corrected chi connectivity index (χ1v) is 6.07. The lowest BCUT2D eigenvalue weighted by atomic mass is 10.0. The molecular weight excluding hydrogens is 224 g/mol. The van der Waals surface area contributed by atoms with Crippen LogP contribution in [0.4, 0.5) is 4.79 Å². The number of hydrogen-bond acceptors (Lipinski definition) is 3. The fourth-order valence-electron chi connectivity index (χ4n) is 3.86. The van der Waals surface area contributed by atoms with Crippen LogP contribution >= 0.6 is 0 Å². The van der Waals surface area contributed by atoms with Crippen molar-refractivity contribution >= 4 is 12.0 Å². The molecule has 4 unspecified atom stereocenters. The van der Waals surface area contributed by atoms with Crippen LogP contribution in [0, 0.1) is 23.7 Å². The van der Waals surface area contributed by atoms with E-state index in [9.17, 15) is 9.59 Å². The van der Waals surface area contributed by atoms with E-state index in [1.54, 1.807) is 0 Å². The van der Waals surface area contributed by atoms with Gasteiger partial charge in [-0.2, -0.15) is 0 Å². The monoisotopic (exact) mass is 240 g/mol. The molecule has 0 aliphatic heterocycles. The van der Waals surface area contributed by atoms with E-state index < -0.39 is 18.6 Å². The highest BCUT2D eigenvalue weighted by atomic mass is 16.7. The number of rotatable bonds is 4.